The van der Waals surface area contributed by atoms with Crippen LogP contribution in [0.25, 0.3) is 0 Å². The lowest BCUT2D eigenvalue weighted by Crippen LogP contribution is -2.18. The summed E-state index contributed by atoms with van der Waals surface area (Å²) in [5.41, 5.74) is 3.44. The minimum atomic E-state index is -3.62. The summed E-state index contributed by atoms with van der Waals surface area (Å²) < 4.78 is 13.6. The Morgan fingerprint density at radius 3 is 0.914 bits per heavy atom. The van der Waals surface area contributed by atoms with Crippen molar-refractivity contribution in [1.29, 1.82) is 0 Å². The van der Waals surface area contributed by atoms with Crippen LogP contribution in [0.1, 0.15) is 116 Å². The number of rotatable bonds is 4. The predicted molar refractivity (Wildman–Crippen MR) is 148 cm³/mol. The van der Waals surface area contributed by atoms with E-state index in [-0.39, 0.29) is 45.5 Å². The van der Waals surface area contributed by atoms with Gasteiger partial charge in [0.2, 0.25) is 7.37 Å². The molecule has 0 radical (unpaired) electrons. The van der Waals surface area contributed by atoms with Crippen molar-refractivity contribution < 1.29 is 19.7 Å². The number of benzene rings is 2. The van der Waals surface area contributed by atoms with Gasteiger partial charge in [-0.1, -0.05) is 107 Å². The standard InChI is InChI=1S/C30H47O4P/c1-27(2,3)21-13-19(14-22(25(21)31)28(4,5)6)17-35(33,34)18-20-15-23(29(7,8)9)26(32)24(16-20)30(10,11)12/h13-16,31-32H,17-18H2,1-12H3,(H,33,34). The molecule has 0 aliphatic carbocycles. The molecule has 4 nitrogen and oxygen atoms in total. The fourth-order valence-electron chi connectivity index (χ4n) is 4.48. The molecular formula is C30H47O4P. The van der Waals surface area contributed by atoms with Crippen LogP contribution in [0.2, 0.25) is 0 Å². The Labute approximate surface area is 213 Å². The zero-order chi connectivity index (χ0) is 27.4. The molecule has 0 aromatic heterocycles. The van der Waals surface area contributed by atoms with E-state index in [1.165, 1.54) is 0 Å². The smallest absolute Gasteiger partial charge is 0.209 e. The van der Waals surface area contributed by atoms with Gasteiger partial charge >= 0.3 is 0 Å². The summed E-state index contributed by atoms with van der Waals surface area (Å²) in [5, 5.41) is 22.0. The molecule has 0 atom stereocenters. The quantitative estimate of drug-likeness (QED) is 0.368. The minimum Gasteiger partial charge on any atom is -0.507 e. The summed E-state index contributed by atoms with van der Waals surface area (Å²) in [7, 11) is -3.62. The average Bonchev–Trinajstić information content (AvgIpc) is 2.60. The first-order valence-electron chi connectivity index (χ1n) is 12.5. The Hall–Kier alpha value is -1.77. The van der Waals surface area contributed by atoms with Crippen LogP contribution in [-0.4, -0.2) is 15.1 Å². The molecule has 0 aliphatic heterocycles. The van der Waals surface area contributed by atoms with Gasteiger partial charge < -0.3 is 15.1 Å². The van der Waals surface area contributed by atoms with E-state index in [1.54, 1.807) is 0 Å². The average molecular weight is 503 g/mol. The second kappa shape index (κ2) is 9.27. The molecule has 0 aliphatic rings. The first-order valence-corrected chi connectivity index (χ1v) is 14.5. The molecule has 0 spiro atoms. The molecular weight excluding hydrogens is 455 g/mol. The highest BCUT2D eigenvalue weighted by atomic mass is 31.2. The van der Waals surface area contributed by atoms with Crippen molar-refractivity contribution in [2.75, 3.05) is 0 Å². The summed E-state index contributed by atoms with van der Waals surface area (Å²) in [4.78, 5) is 11.2. The molecule has 2 aromatic carbocycles. The zero-order valence-corrected chi connectivity index (χ0v) is 24.8. The van der Waals surface area contributed by atoms with E-state index in [4.69, 9.17) is 0 Å². The van der Waals surface area contributed by atoms with Crippen molar-refractivity contribution in [3.05, 3.63) is 57.6 Å². The Morgan fingerprint density at radius 1 is 0.543 bits per heavy atom. The highest BCUT2D eigenvalue weighted by molar-refractivity contribution is 7.56. The summed E-state index contributed by atoms with van der Waals surface area (Å²) in [6, 6.07) is 7.52. The number of hydrogen-bond donors (Lipinski definition) is 3. The van der Waals surface area contributed by atoms with Crippen LogP contribution in [0, 0.1) is 0 Å². The molecule has 3 N–H and O–H groups in total. The van der Waals surface area contributed by atoms with Gasteiger partial charge in [0.05, 0.1) is 0 Å². The van der Waals surface area contributed by atoms with Crippen LogP contribution in [-0.2, 0) is 38.5 Å². The van der Waals surface area contributed by atoms with Gasteiger partial charge in [0.25, 0.3) is 0 Å². The van der Waals surface area contributed by atoms with Crippen LogP contribution < -0.4 is 0 Å². The first-order chi connectivity index (χ1) is 15.4. The van der Waals surface area contributed by atoms with Gasteiger partial charge in [0.1, 0.15) is 11.5 Å². The van der Waals surface area contributed by atoms with Gasteiger partial charge in [-0.05, 0) is 55.0 Å². The van der Waals surface area contributed by atoms with E-state index in [0.717, 1.165) is 33.4 Å². The summed E-state index contributed by atoms with van der Waals surface area (Å²) >= 11 is 0. The third kappa shape index (κ3) is 7.14. The van der Waals surface area contributed by atoms with Gasteiger partial charge in [-0.2, -0.15) is 0 Å². The Morgan fingerprint density at radius 2 is 0.743 bits per heavy atom. The Balaban J connectivity index is 2.58. The maximum atomic E-state index is 13.6. The number of hydrogen-bond acceptors (Lipinski definition) is 3. The third-order valence-corrected chi connectivity index (χ3v) is 8.15. The second-order valence-electron chi connectivity index (χ2n) is 14.2. The maximum absolute atomic E-state index is 13.6. The minimum absolute atomic E-state index is 0.0238. The van der Waals surface area contributed by atoms with E-state index in [0.29, 0.717) is 0 Å². The van der Waals surface area contributed by atoms with Gasteiger partial charge in [-0.15, -0.1) is 0 Å². The lowest BCUT2D eigenvalue weighted by molar-refractivity contribution is 0.422. The van der Waals surface area contributed by atoms with Crippen LogP contribution >= 0.6 is 7.37 Å². The molecule has 0 bridgehead atoms. The van der Waals surface area contributed by atoms with Crippen LogP contribution in [0.15, 0.2) is 24.3 Å². The van der Waals surface area contributed by atoms with Gasteiger partial charge in [0.15, 0.2) is 0 Å². The van der Waals surface area contributed by atoms with Crippen molar-refractivity contribution in [2.45, 2.75) is 117 Å². The lowest BCUT2D eigenvalue weighted by Gasteiger charge is -2.29. The van der Waals surface area contributed by atoms with Gasteiger partial charge in [0, 0.05) is 12.3 Å². The van der Waals surface area contributed by atoms with E-state index < -0.39 is 7.37 Å². The van der Waals surface area contributed by atoms with Crippen molar-refractivity contribution >= 4 is 7.37 Å². The normalized spacial score (nSPS) is 13.9. The van der Waals surface area contributed by atoms with E-state index in [9.17, 15) is 19.7 Å². The lowest BCUT2D eigenvalue weighted by atomic mass is 9.78. The van der Waals surface area contributed by atoms with Crippen LogP contribution in [0.4, 0.5) is 0 Å². The molecule has 0 saturated carbocycles. The molecule has 35 heavy (non-hydrogen) atoms. The second-order valence-corrected chi connectivity index (χ2v) is 16.6. The fraction of sp³-hybridized carbons (Fsp3) is 0.600. The first kappa shape index (κ1) is 29.5. The van der Waals surface area contributed by atoms with Gasteiger partial charge in [-0.3, -0.25) is 4.57 Å². The van der Waals surface area contributed by atoms with E-state index >= 15 is 0 Å². The third-order valence-electron chi connectivity index (χ3n) is 6.43. The molecule has 2 rings (SSSR count). The highest BCUT2D eigenvalue weighted by Crippen LogP contribution is 2.51. The zero-order valence-electron chi connectivity index (χ0n) is 23.9. The molecule has 0 heterocycles. The summed E-state index contributed by atoms with van der Waals surface area (Å²) in [5.74, 6) is 0.536. The predicted octanol–water partition coefficient (Wildman–Crippen LogP) is 8.26. The van der Waals surface area contributed by atoms with E-state index in [1.807, 2.05) is 107 Å². The molecule has 5 heteroatoms. The molecule has 196 valence electrons. The Kier molecular flexibility index (Phi) is 7.80. The largest absolute Gasteiger partial charge is 0.507 e. The number of phenols is 2. The molecule has 2 aromatic rings. The number of phenolic OH excluding ortho intramolecular Hbond substituents is 2. The van der Waals surface area contributed by atoms with Crippen LogP contribution in [0.5, 0.6) is 11.5 Å². The highest BCUT2D eigenvalue weighted by Gasteiger charge is 2.31. The molecule has 0 saturated heterocycles. The summed E-state index contributed by atoms with van der Waals surface area (Å²) in [6.07, 6.45) is 0.0477. The molecule has 0 fully saturated rings. The Bertz CT molecular complexity index is 975. The maximum Gasteiger partial charge on any atom is 0.209 e. The van der Waals surface area contributed by atoms with E-state index in [2.05, 4.69) is 0 Å². The summed E-state index contributed by atoms with van der Waals surface area (Å²) in [6.45, 7) is 24.4. The monoisotopic (exact) mass is 502 g/mol. The molecule has 0 amide bonds. The van der Waals surface area contributed by atoms with Crippen molar-refractivity contribution in [1.82, 2.24) is 0 Å². The van der Waals surface area contributed by atoms with Crippen molar-refractivity contribution in [3.8, 4) is 11.5 Å². The number of aromatic hydroxyl groups is 2. The van der Waals surface area contributed by atoms with Crippen molar-refractivity contribution in [2.24, 2.45) is 0 Å². The fourth-order valence-corrected chi connectivity index (χ4v) is 6.10. The SMILES string of the molecule is CC(C)(C)c1cc(CP(=O)(O)Cc2cc(C(C)(C)C)c(O)c(C(C)(C)C)c2)cc(C(C)(C)C)c1O. The topological polar surface area (TPSA) is 77.8 Å². The molecule has 0 unspecified atom stereocenters. The van der Waals surface area contributed by atoms with Crippen molar-refractivity contribution in [3.63, 3.8) is 0 Å². The van der Waals surface area contributed by atoms with Gasteiger partial charge in [-0.25, -0.2) is 0 Å². The van der Waals surface area contributed by atoms with Crippen LogP contribution in [0.3, 0.4) is 0 Å².